The van der Waals surface area contributed by atoms with Crippen molar-refractivity contribution in [3.05, 3.63) is 23.8 Å². The van der Waals surface area contributed by atoms with E-state index in [1.54, 1.807) is 12.1 Å². The predicted molar refractivity (Wildman–Crippen MR) is 74.2 cm³/mol. The Morgan fingerprint density at radius 3 is 2.58 bits per heavy atom. The summed E-state index contributed by atoms with van der Waals surface area (Å²) in [5, 5.41) is 9.12. The molecule has 0 fully saturated rings. The quantitative estimate of drug-likeness (QED) is 0.692. The van der Waals surface area contributed by atoms with E-state index in [0.29, 0.717) is 18.1 Å². The van der Waals surface area contributed by atoms with Crippen molar-refractivity contribution in [1.29, 1.82) is 0 Å². The van der Waals surface area contributed by atoms with Crippen molar-refractivity contribution in [3.63, 3.8) is 0 Å². The normalized spacial score (nSPS) is 10.2. The van der Waals surface area contributed by atoms with Crippen LogP contribution in [0.3, 0.4) is 0 Å². The highest BCUT2D eigenvalue weighted by atomic mass is 16.5. The number of hydrogen-bond donors (Lipinski definition) is 1. The van der Waals surface area contributed by atoms with E-state index >= 15 is 0 Å². The van der Waals surface area contributed by atoms with Crippen LogP contribution in [-0.4, -0.2) is 24.8 Å². The monoisotopic (exact) mass is 266 g/mol. The van der Waals surface area contributed by atoms with Gasteiger partial charge < -0.3 is 14.6 Å². The standard InChI is InChI=1S/C15H22O4/c1-3-4-5-6-7-10-19-14-9-8-12(18-2)11-13(14)15(16)17/h8-9,11H,3-7,10H2,1-2H3,(H,16,17). The topological polar surface area (TPSA) is 55.8 Å². The van der Waals surface area contributed by atoms with Crippen molar-refractivity contribution in [3.8, 4) is 11.5 Å². The molecule has 4 nitrogen and oxygen atoms in total. The Balaban J connectivity index is 2.50. The van der Waals surface area contributed by atoms with Gasteiger partial charge in [0.2, 0.25) is 0 Å². The highest BCUT2D eigenvalue weighted by Gasteiger charge is 2.12. The van der Waals surface area contributed by atoms with Crippen LogP contribution in [0.4, 0.5) is 0 Å². The predicted octanol–water partition coefficient (Wildman–Crippen LogP) is 3.74. The lowest BCUT2D eigenvalue weighted by Gasteiger charge is -2.10. The van der Waals surface area contributed by atoms with E-state index in [1.165, 1.54) is 32.4 Å². The van der Waals surface area contributed by atoms with Gasteiger partial charge >= 0.3 is 5.97 Å². The number of rotatable bonds is 9. The molecular weight excluding hydrogens is 244 g/mol. The van der Waals surface area contributed by atoms with Gasteiger partial charge in [-0.3, -0.25) is 0 Å². The van der Waals surface area contributed by atoms with Crippen LogP contribution < -0.4 is 9.47 Å². The number of benzene rings is 1. The highest BCUT2D eigenvalue weighted by molar-refractivity contribution is 5.91. The number of carboxylic acid groups (broad SMARTS) is 1. The first-order valence-electron chi connectivity index (χ1n) is 6.73. The van der Waals surface area contributed by atoms with Gasteiger partial charge in [-0.25, -0.2) is 4.79 Å². The minimum absolute atomic E-state index is 0.146. The molecule has 0 bridgehead atoms. The molecule has 0 amide bonds. The number of methoxy groups -OCH3 is 1. The second-order valence-electron chi connectivity index (χ2n) is 4.43. The molecule has 19 heavy (non-hydrogen) atoms. The molecule has 0 unspecified atom stereocenters. The molecule has 1 N–H and O–H groups in total. The van der Waals surface area contributed by atoms with Gasteiger partial charge in [-0.2, -0.15) is 0 Å². The zero-order chi connectivity index (χ0) is 14.1. The summed E-state index contributed by atoms with van der Waals surface area (Å²) in [6.07, 6.45) is 5.72. The smallest absolute Gasteiger partial charge is 0.339 e. The van der Waals surface area contributed by atoms with Gasteiger partial charge in [0, 0.05) is 0 Å². The van der Waals surface area contributed by atoms with Crippen LogP contribution in [0, 0.1) is 0 Å². The minimum atomic E-state index is -1.00. The Bertz CT molecular complexity index is 401. The van der Waals surface area contributed by atoms with Gasteiger partial charge in [-0.05, 0) is 24.6 Å². The molecule has 0 aliphatic heterocycles. The minimum Gasteiger partial charge on any atom is -0.497 e. The second-order valence-corrected chi connectivity index (χ2v) is 4.43. The Labute approximate surface area is 114 Å². The summed E-state index contributed by atoms with van der Waals surface area (Å²) in [7, 11) is 1.51. The average molecular weight is 266 g/mol. The van der Waals surface area contributed by atoms with Crippen molar-refractivity contribution in [2.75, 3.05) is 13.7 Å². The molecular formula is C15H22O4. The van der Waals surface area contributed by atoms with Gasteiger partial charge in [0.25, 0.3) is 0 Å². The van der Waals surface area contributed by atoms with Crippen molar-refractivity contribution in [2.24, 2.45) is 0 Å². The van der Waals surface area contributed by atoms with Crippen molar-refractivity contribution >= 4 is 5.97 Å². The summed E-state index contributed by atoms with van der Waals surface area (Å²) < 4.78 is 10.6. The fraction of sp³-hybridized carbons (Fsp3) is 0.533. The lowest BCUT2D eigenvalue weighted by Crippen LogP contribution is -2.05. The molecule has 0 saturated heterocycles. The van der Waals surface area contributed by atoms with E-state index in [1.807, 2.05) is 0 Å². The molecule has 106 valence electrons. The molecule has 0 atom stereocenters. The maximum absolute atomic E-state index is 11.1. The maximum Gasteiger partial charge on any atom is 0.339 e. The molecule has 0 aliphatic rings. The van der Waals surface area contributed by atoms with E-state index in [4.69, 9.17) is 14.6 Å². The number of hydrogen-bond acceptors (Lipinski definition) is 3. The molecule has 1 aromatic carbocycles. The van der Waals surface area contributed by atoms with Crippen LogP contribution in [-0.2, 0) is 0 Å². The van der Waals surface area contributed by atoms with E-state index in [0.717, 1.165) is 12.8 Å². The molecule has 0 radical (unpaired) electrons. The van der Waals surface area contributed by atoms with Gasteiger partial charge in [0.05, 0.1) is 13.7 Å². The fourth-order valence-electron chi connectivity index (χ4n) is 1.82. The Kier molecular flexibility index (Phi) is 6.79. The summed E-state index contributed by atoms with van der Waals surface area (Å²) in [5.41, 5.74) is 0.146. The third-order valence-corrected chi connectivity index (χ3v) is 2.92. The first-order valence-corrected chi connectivity index (χ1v) is 6.73. The molecule has 0 aromatic heterocycles. The van der Waals surface area contributed by atoms with Crippen molar-refractivity contribution in [2.45, 2.75) is 39.0 Å². The number of unbranched alkanes of at least 4 members (excludes halogenated alkanes) is 4. The van der Waals surface area contributed by atoms with E-state index in [9.17, 15) is 4.79 Å². The van der Waals surface area contributed by atoms with Crippen LogP contribution in [0.2, 0.25) is 0 Å². The summed E-state index contributed by atoms with van der Waals surface area (Å²) >= 11 is 0. The first kappa shape index (κ1) is 15.3. The highest BCUT2D eigenvalue weighted by Crippen LogP contribution is 2.24. The van der Waals surface area contributed by atoms with Crippen molar-refractivity contribution in [1.82, 2.24) is 0 Å². The number of carboxylic acids is 1. The fourth-order valence-corrected chi connectivity index (χ4v) is 1.82. The van der Waals surface area contributed by atoms with Crippen LogP contribution in [0.1, 0.15) is 49.4 Å². The zero-order valence-electron chi connectivity index (χ0n) is 11.6. The molecule has 0 saturated carbocycles. The third-order valence-electron chi connectivity index (χ3n) is 2.92. The SMILES string of the molecule is CCCCCCCOc1ccc(OC)cc1C(=O)O. The van der Waals surface area contributed by atoms with Crippen LogP contribution >= 0.6 is 0 Å². The Hall–Kier alpha value is -1.71. The lowest BCUT2D eigenvalue weighted by molar-refractivity contribution is 0.0691. The molecule has 0 heterocycles. The number of ether oxygens (including phenoxy) is 2. The molecule has 1 rings (SSSR count). The number of aromatic carboxylic acids is 1. The van der Waals surface area contributed by atoms with E-state index < -0.39 is 5.97 Å². The summed E-state index contributed by atoms with van der Waals surface area (Å²) in [5.74, 6) is -0.0728. The second kappa shape index (κ2) is 8.40. The van der Waals surface area contributed by atoms with Crippen LogP contribution in [0.15, 0.2) is 18.2 Å². The molecule has 0 aliphatic carbocycles. The van der Waals surface area contributed by atoms with Gasteiger partial charge in [-0.1, -0.05) is 32.6 Å². The number of carbonyl (C=O) groups is 1. The van der Waals surface area contributed by atoms with E-state index in [-0.39, 0.29) is 5.56 Å². The van der Waals surface area contributed by atoms with Crippen LogP contribution in [0.25, 0.3) is 0 Å². The summed E-state index contributed by atoms with van der Waals surface area (Å²) in [4.78, 5) is 11.1. The van der Waals surface area contributed by atoms with Gasteiger partial charge in [-0.15, -0.1) is 0 Å². The average Bonchev–Trinajstić information content (AvgIpc) is 2.42. The van der Waals surface area contributed by atoms with Crippen LogP contribution in [0.5, 0.6) is 11.5 Å². The van der Waals surface area contributed by atoms with E-state index in [2.05, 4.69) is 6.92 Å². The van der Waals surface area contributed by atoms with Gasteiger partial charge in [0.15, 0.2) is 0 Å². The molecule has 1 aromatic rings. The zero-order valence-corrected chi connectivity index (χ0v) is 11.6. The Morgan fingerprint density at radius 2 is 1.95 bits per heavy atom. The van der Waals surface area contributed by atoms with Crippen molar-refractivity contribution < 1.29 is 19.4 Å². The largest absolute Gasteiger partial charge is 0.497 e. The maximum atomic E-state index is 11.1. The lowest BCUT2D eigenvalue weighted by atomic mass is 10.1. The Morgan fingerprint density at radius 1 is 1.21 bits per heavy atom. The van der Waals surface area contributed by atoms with Gasteiger partial charge in [0.1, 0.15) is 17.1 Å². The first-order chi connectivity index (χ1) is 9.19. The third kappa shape index (κ3) is 5.20. The molecule has 0 spiro atoms. The molecule has 4 heteroatoms. The summed E-state index contributed by atoms with van der Waals surface area (Å²) in [6, 6.07) is 4.84. The summed E-state index contributed by atoms with van der Waals surface area (Å²) in [6.45, 7) is 2.73.